The van der Waals surface area contributed by atoms with Gasteiger partial charge in [0.25, 0.3) is 0 Å². The highest BCUT2D eigenvalue weighted by Gasteiger charge is 2.45. The monoisotopic (exact) mass is 237 g/mol. The third-order valence-corrected chi connectivity index (χ3v) is 5.51. The highest BCUT2D eigenvalue weighted by atomic mass is 16.5. The molecule has 1 atom stereocenters. The lowest BCUT2D eigenvalue weighted by atomic mass is 9.74. The summed E-state index contributed by atoms with van der Waals surface area (Å²) in [5.41, 5.74) is 0.889. The summed E-state index contributed by atoms with van der Waals surface area (Å²) in [5, 5.41) is 3.44. The Morgan fingerprint density at radius 1 is 1.12 bits per heavy atom. The van der Waals surface area contributed by atoms with Crippen molar-refractivity contribution in [1.82, 2.24) is 5.32 Å². The minimum atomic E-state index is 0.315. The quantitative estimate of drug-likeness (QED) is 0.813. The molecule has 3 aliphatic rings. The van der Waals surface area contributed by atoms with Gasteiger partial charge in [-0.1, -0.05) is 26.2 Å². The summed E-state index contributed by atoms with van der Waals surface area (Å²) >= 11 is 0. The van der Waals surface area contributed by atoms with Crippen molar-refractivity contribution in [1.29, 1.82) is 0 Å². The molecule has 1 aliphatic carbocycles. The van der Waals surface area contributed by atoms with E-state index in [0.29, 0.717) is 17.1 Å². The summed E-state index contributed by atoms with van der Waals surface area (Å²) in [6.45, 7) is 4.78. The smallest absolute Gasteiger partial charge is 0.0687 e. The molecule has 2 aliphatic heterocycles. The third kappa shape index (κ3) is 2.26. The van der Waals surface area contributed by atoms with E-state index in [9.17, 15) is 0 Å². The van der Waals surface area contributed by atoms with Crippen molar-refractivity contribution in [3.05, 3.63) is 0 Å². The van der Waals surface area contributed by atoms with E-state index in [4.69, 9.17) is 4.74 Å². The Morgan fingerprint density at radius 2 is 1.88 bits per heavy atom. The number of ether oxygens (including phenoxy) is 1. The molecule has 1 unspecified atom stereocenters. The molecule has 2 heteroatoms. The van der Waals surface area contributed by atoms with Crippen molar-refractivity contribution in [2.75, 3.05) is 13.1 Å². The average molecular weight is 237 g/mol. The number of rotatable bonds is 3. The van der Waals surface area contributed by atoms with Crippen LogP contribution >= 0.6 is 0 Å². The first-order valence-corrected chi connectivity index (χ1v) is 7.65. The van der Waals surface area contributed by atoms with E-state index < -0.39 is 0 Å². The molecule has 1 N–H and O–H groups in total. The Hall–Kier alpha value is -0.0800. The van der Waals surface area contributed by atoms with Gasteiger partial charge in [-0.2, -0.15) is 0 Å². The average Bonchev–Trinajstić information content (AvgIpc) is 2.68. The molecule has 0 aromatic heterocycles. The molecule has 0 radical (unpaired) electrons. The molecule has 2 nitrogen and oxygen atoms in total. The minimum absolute atomic E-state index is 0.315. The van der Waals surface area contributed by atoms with Crippen molar-refractivity contribution in [2.45, 2.75) is 76.4 Å². The highest BCUT2D eigenvalue weighted by Crippen LogP contribution is 2.45. The molecular formula is C15H27NO. The first-order valence-electron chi connectivity index (χ1n) is 7.65. The Morgan fingerprint density at radius 3 is 2.47 bits per heavy atom. The van der Waals surface area contributed by atoms with Crippen molar-refractivity contribution in [3.8, 4) is 0 Å². The topological polar surface area (TPSA) is 21.3 Å². The van der Waals surface area contributed by atoms with E-state index in [1.165, 1.54) is 70.9 Å². The fourth-order valence-electron chi connectivity index (χ4n) is 4.10. The predicted molar refractivity (Wildman–Crippen MR) is 70.1 cm³/mol. The molecule has 2 heterocycles. The van der Waals surface area contributed by atoms with Crippen LogP contribution in [0.5, 0.6) is 0 Å². The zero-order valence-corrected chi connectivity index (χ0v) is 11.3. The van der Waals surface area contributed by atoms with Crippen molar-refractivity contribution in [2.24, 2.45) is 5.41 Å². The summed E-state index contributed by atoms with van der Waals surface area (Å²) < 4.78 is 6.50. The second-order valence-corrected chi connectivity index (χ2v) is 6.68. The molecule has 0 aromatic rings. The van der Waals surface area contributed by atoms with Gasteiger partial charge in [-0.15, -0.1) is 0 Å². The third-order valence-electron chi connectivity index (χ3n) is 5.51. The van der Waals surface area contributed by atoms with Crippen molar-refractivity contribution in [3.63, 3.8) is 0 Å². The van der Waals surface area contributed by atoms with Gasteiger partial charge in [0, 0.05) is 13.1 Å². The molecule has 1 spiro atoms. The summed E-state index contributed by atoms with van der Waals surface area (Å²) in [4.78, 5) is 0. The van der Waals surface area contributed by atoms with Gasteiger partial charge < -0.3 is 10.1 Å². The summed E-state index contributed by atoms with van der Waals surface area (Å²) in [6, 6.07) is 0. The molecule has 17 heavy (non-hydrogen) atoms. The van der Waals surface area contributed by atoms with E-state index in [0.717, 1.165) is 0 Å². The van der Waals surface area contributed by atoms with E-state index in [2.05, 4.69) is 12.2 Å². The minimum Gasteiger partial charge on any atom is -0.372 e. The van der Waals surface area contributed by atoms with Gasteiger partial charge in [0.05, 0.1) is 11.7 Å². The molecule has 3 fully saturated rings. The van der Waals surface area contributed by atoms with Crippen LogP contribution in [0.15, 0.2) is 0 Å². The van der Waals surface area contributed by atoms with Crippen LogP contribution in [0.3, 0.4) is 0 Å². The number of hydrogen-bond donors (Lipinski definition) is 1. The van der Waals surface area contributed by atoms with E-state index >= 15 is 0 Å². The second-order valence-electron chi connectivity index (χ2n) is 6.68. The van der Waals surface area contributed by atoms with Gasteiger partial charge in [0.2, 0.25) is 0 Å². The van der Waals surface area contributed by atoms with E-state index in [1.54, 1.807) is 0 Å². The van der Waals surface area contributed by atoms with Crippen LogP contribution in [-0.2, 0) is 4.74 Å². The van der Waals surface area contributed by atoms with Crippen LogP contribution in [0.25, 0.3) is 0 Å². The lowest BCUT2D eigenvalue weighted by molar-refractivity contribution is -0.0821. The molecule has 0 bridgehead atoms. The van der Waals surface area contributed by atoms with Gasteiger partial charge in [-0.25, -0.2) is 0 Å². The maximum absolute atomic E-state index is 6.50. The SMILES string of the molecule is CCC1(CC2CCC3(CCCCC3)O2)CNC1. The van der Waals surface area contributed by atoms with Gasteiger partial charge in [-0.3, -0.25) is 0 Å². The van der Waals surface area contributed by atoms with Crippen LogP contribution in [0.1, 0.15) is 64.7 Å². The van der Waals surface area contributed by atoms with Crippen LogP contribution in [0, 0.1) is 5.41 Å². The van der Waals surface area contributed by atoms with Crippen LogP contribution in [0.2, 0.25) is 0 Å². The van der Waals surface area contributed by atoms with Gasteiger partial charge >= 0.3 is 0 Å². The maximum atomic E-state index is 6.50. The molecule has 0 amide bonds. The molecular weight excluding hydrogens is 210 g/mol. The van der Waals surface area contributed by atoms with E-state index in [1.807, 2.05) is 0 Å². The van der Waals surface area contributed by atoms with Gasteiger partial charge in [0.1, 0.15) is 0 Å². The number of nitrogens with one attached hydrogen (secondary N) is 1. The van der Waals surface area contributed by atoms with Crippen LogP contribution < -0.4 is 5.32 Å². The first kappa shape index (κ1) is 12.0. The normalized spacial score (nSPS) is 34.8. The Bertz CT molecular complexity index is 261. The van der Waals surface area contributed by atoms with Gasteiger partial charge in [-0.05, 0) is 43.9 Å². The molecule has 98 valence electrons. The van der Waals surface area contributed by atoms with Crippen LogP contribution in [0.4, 0.5) is 0 Å². The standard InChI is InChI=1S/C15H27NO/c1-2-14(11-16-12-14)10-13-6-9-15(17-13)7-4-3-5-8-15/h13,16H,2-12H2,1H3. The molecule has 2 saturated heterocycles. The van der Waals surface area contributed by atoms with Crippen LogP contribution in [-0.4, -0.2) is 24.8 Å². The van der Waals surface area contributed by atoms with Gasteiger partial charge in [0.15, 0.2) is 0 Å². The molecule has 3 rings (SSSR count). The number of hydrogen-bond acceptors (Lipinski definition) is 2. The highest BCUT2D eigenvalue weighted by molar-refractivity contribution is 4.97. The summed E-state index contributed by atoms with van der Waals surface area (Å²) in [7, 11) is 0. The molecule has 1 saturated carbocycles. The summed E-state index contributed by atoms with van der Waals surface area (Å²) in [5.74, 6) is 0. The summed E-state index contributed by atoms with van der Waals surface area (Å²) in [6.07, 6.45) is 12.7. The zero-order chi connectivity index (χ0) is 11.8. The fraction of sp³-hybridized carbons (Fsp3) is 1.00. The van der Waals surface area contributed by atoms with Crippen molar-refractivity contribution >= 4 is 0 Å². The Kier molecular flexibility index (Phi) is 3.20. The molecule has 0 aromatic carbocycles. The Labute approximate surface area is 105 Å². The maximum Gasteiger partial charge on any atom is 0.0687 e. The first-order chi connectivity index (χ1) is 8.26. The predicted octanol–water partition coefficient (Wildman–Crippen LogP) is 3.26. The van der Waals surface area contributed by atoms with Crippen molar-refractivity contribution < 1.29 is 4.74 Å². The Balaban J connectivity index is 1.56. The largest absolute Gasteiger partial charge is 0.372 e. The lowest BCUT2D eigenvalue weighted by Crippen LogP contribution is -2.54. The van der Waals surface area contributed by atoms with E-state index in [-0.39, 0.29) is 0 Å². The zero-order valence-electron chi connectivity index (χ0n) is 11.3. The fourth-order valence-corrected chi connectivity index (χ4v) is 4.10. The second kappa shape index (κ2) is 4.55. The lowest BCUT2D eigenvalue weighted by Gasteiger charge is -2.44.